The van der Waals surface area contributed by atoms with Crippen molar-refractivity contribution in [3.05, 3.63) is 51.0 Å². The van der Waals surface area contributed by atoms with Gasteiger partial charge in [-0.05, 0) is 50.6 Å². The molecule has 0 fully saturated rings. The Morgan fingerprint density at radius 3 is 2.33 bits per heavy atom. The van der Waals surface area contributed by atoms with E-state index in [9.17, 15) is 17.6 Å². The van der Waals surface area contributed by atoms with E-state index in [1.807, 2.05) is 26.8 Å². The Bertz CT molecular complexity index is 646. The summed E-state index contributed by atoms with van der Waals surface area (Å²) >= 11 is 1.64. The first-order valence-electron chi connectivity index (χ1n) is 6.38. The molecule has 6 heteroatoms. The molecule has 0 saturated heterocycles. The van der Waals surface area contributed by atoms with Crippen molar-refractivity contribution in [1.29, 1.82) is 0 Å². The molecule has 0 amide bonds. The summed E-state index contributed by atoms with van der Waals surface area (Å²) in [5.74, 6) is -1.26. The normalized spacial score (nSPS) is 13.3. The maximum absolute atomic E-state index is 13.2. The highest BCUT2D eigenvalue weighted by atomic mass is 32.1. The predicted octanol–water partition coefficient (Wildman–Crippen LogP) is 5.70. The smallest absolute Gasteiger partial charge is 0.378 e. The standard InChI is InChI=1S/C15H15F4NS/c1-8-6-12(10(3)21-8)9(2)20-11-4-5-14(16)13(7-11)15(17,18)19/h4-7,9,20H,1-3H3. The van der Waals surface area contributed by atoms with Gasteiger partial charge in [-0.25, -0.2) is 4.39 Å². The Morgan fingerprint density at radius 1 is 1.14 bits per heavy atom. The quantitative estimate of drug-likeness (QED) is 0.716. The number of benzene rings is 1. The topological polar surface area (TPSA) is 12.0 Å². The Labute approximate surface area is 124 Å². The number of aryl methyl sites for hydroxylation is 2. The fourth-order valence-electron chi connectivity index (χ4n) is 2.24. The molecule has 0 spiro atoms. The van der Waals surface area contributed by atoms with Gasteiger partial charge < -0.3 is 5.32 Å². The van der Waals surface area contributed by atoms with Gasteiger partial charge in [0.2, 0.25) is 0 Å². The number of anilines is 1. The van der Waals surface area contributed by atoms with Gasteiger partial charge in [-0.15, -0.1) is 11.3 Å². The van der Waals surface area contributed by atoms with Crippen molar-refractivity contribution in [3.63, 3.8) is 0 Å². The minimum atomic E-state index is -4.69. The molecular weight excluding hydrogens is 302 g/mol. The first-order chi connectivity index (χ1) is 9.68. The van der Waals surface area contributed by atoms with Crippen LogP contribution < -0.4 is 5.32 Å². The number of halogens is 4. The minimum absolute atomic E-state index is 0.151. The molecule has 0 aliphatic heterocycles. The van der Waals surface area contributed by atoms with Gasteiger partial charge in [0.1, 0.15) is 5.82 Å². The number of hydrogen-bond acceptors (Lipinski definition) is 2. The van der Waals surface area contributed by atoms with E-state index in [1.54, 1.807) is 11.3 Å². The van der Waals surface area contributed by atoms with Crippen LogP contribution in [0.15, 0.2) is 24.3 Å². The lowest BCUT2D eigenvalue weighted by atomic mass is 10.1. The van der Waals surface area contributed by atoms with Crippen molar-refractivity contribution in [1.82, 2.24) is 0 Å². The second kappa shape index (κ2) is 5.67. The van der Waals surface area contributed by atoms with E-state index in [4.69, 9.17) is 0 Å². The third kappa shape index (κ3) is 3.56. The summed E-state index contributed by atoms with van der Waals surface area (Å²) in [4.78, 5) is 2.26. The number of nitrogens with one attached hydrogen (secondary N) is 1. The molecule has 1 atom stereocenters. The van der Waals surface area contributed by atoms with Gasteiger partial charge in [-0.1, -0.05) is 0 Å². The number of hydrogen-bond donors (Lipinski definition) is 1. The SMILES string of the molecule is Cc1cc(C(C)Nc2ccc(F)c(C(F)(F)F)c2)c(C)s1. The summed E-state index contributed by atoms with van der Waals surface area (Å²) in [5.41, 5.74) is 0.0350. The molecule has 0 radical (unpaired) electrons. The van der Waals surface area contributed by atoms with Gasteiger partial charge in [-0.2, -0.15) is 13.2 Å². The van der Waals surface area contributed by atoms with Crippen LogP contribution >= 0.6 is 11.3 Å². The lowest BCUT2D eigenvalue weighted by molar-refractivity contribution is -0.139. The third-order valence-corrected chi connectivity index (χ3v) is 4.18. The summed E-state index contributed by atoms with van der Waals surface area (Å²) in [6, 6.07) is 4.81. The van der Waals surface area contributed by atoms with Crippen molar-refractivity contribution < 1.29 is 17.6 Å². The van der Waals surface area contributed by atoms with Crippen LogP contribution in [0.25, 0.3) is 0 Å². The zero-order valence-electron chi connectivity index (χ0n) is 11.8. The number of alkyl halides is 3. The molecule has 0 aliphatic carbocycles. The van der Waals surface area contributed by atoms with Gasteiger partial charge in [-0.3, -0.25) is 0 Å². The van der Waals surface area contributed by atoms with Crippen LogP contribution in [0, 0.1) is 19.7 Å². The highest BCUT2D eigenvalue weighted by molar-refractivity contribution is 7.12. The van der Waals surface area contributed by atoms with Crippen LogP contribution in [0.4, 0.5) is 23.2 Å². The Balaban J connectivity index is 2.26. The summed E-state index contributed by atoms with van der Waals surface area (Å²) < 4.78 is 51.3. The Morgan fingerprint density at radius 2 is 1.81 bits per heavy atom. The van der Waals surface area contributed by atoms with Crippen molar-refractivity contribution in [3.8, 4) is 0 Å². The largest absolute Gasteiger partial charge is 0.419 e. The van der Waals surface area contributed by atoms with E-state index in [0.717, 1.165) is 27.5 Å². The summed E-state index contributed by atoms with van der Waals surface area (Å²) in [6.07, 6.45) is -4.69. The minimum Gasteiger partial charge on any atom is -0.378 e. The van der Waals surface area contributed by atoms with Crippen LogP contribution in [0.2, 0.25) is 0 Å². The summed E-state index contributed by atoms with van der Waals surface area (Å²) in [5, 5.41) is 2.99. The molecule has 114 valence electrons. The second-order valence-corrected chi connectivity index (χ2v) is 6.39. The zero-order chi connectivity index (χ0) is 15.8. The monoisotopic (exact) mass is 317 g/mol. The zero-order valence-corrected chi connectivity index (χ0v) is 12.6. The number of thiophene rings is 1. The predicted molar refractivity (Wildman–Crippen MR) is 77.2 cm³/mol. The van der Waals surface area contributed by atoms with Crippen molar-refractivity contribution in [2.24, 2.45) is 0 Å². The molecule has 21 heavy (non-hydrogen) atoms. The first-order valence-corrected chi connectivity index (χ1v) is 7.20. The second-order valence-electron chi connectivity index (χ2n) is 4.93. The summed E-state index contributed by atoms with van der Waals surface area (Å²) in [7, 11) is 0. The van der Waals surface area contributed by atoms with Crippen LogP contribution in [-0.4, -0.2) is 0 Å². The lowest BCUT2D eigenvalue weighted by Crippen LogP contribution is -2.11. The van der Waals surface area contributed by atoms with E-state index in [1.165, 1.54) is 6.07 Å². The molecular formula is C15H15F4NS. The van der Waals surface area contributed by atoms with Crippen molar-refractivity contribution in [2.75, 3.05) is 5.32 Å². The fraction of sp³-hybridized carbons (Fsp3) is 0.333. The van der Waals surface area contributed by atoms with E-state index in [-0.39, 0.29) is 11.7 Å². The van der Waals surface area contributed by atoms with E-state index >= 15 is 0 Å². The van der Waals surface area contributed by atoms with Crippen LogP contribution in [0.3, 0.4) is 0 Å². The van der Waals surface area contributed by atoms with Crippen LogP contribution in [-0.2, 0) is 6.18 Å². The average Bonchev–Trinajstić information content (AvgIpc) is 2.69. The highest BCUT2D eigenvalue weighted by Crippen LogP contribution is 2.34. The van der Waals surface area contributed by atoms with E-state index in [2.05, 4.69) is 5.32 Å². The fourth-order valence-corrected chi connectivity index (χ4v) is 3.26. The molecule has 1 aromatic carbocycles. The van der Waals surface area contributed by atoms with Gasteiger partial charge in [0.25, 0.3) is 0 Å². The Kier molecular flexibility index (Phi) is 4.27. The maximum atomic E-state index is 13.2. The maximum Gasteiger partial charge on any atom is 0.419 e. The molecule has 2 aromatic rings. The molecule has 1 nitrogen and oxygen atoms in total. The average molecular weight is 317 g/mol. The molecule has 0 aliphatic rings. The molecule has 0 saturated carbocycles. The third-order valence-electron chi connectivity index (χ3n) is 3.20. The van der Waals surface area contributed by atoms with Crippen molar-refractivity contribution in [2.45, 2.75) is 33.0 Å². The van der Waals surface area contributed by atoms with Crippen LogP contribution in [0.5, 0.6) is 0 Å². The highest BCUT2D eigenvalue weighted by Gasteiger charge is 2.34. The van der Waals surface area contributed by atoms with Gasteiger partial charge in [0.15, 0.2) is 0 Å². The van der Waals surface area contributed by atoms with Crippen LogP contribution in [0.1, 0.15) is 33.8 Å². The molecule has 2 rings (SSSR count). The molecule has 0 bridgehead atoms. The first kappa shape index (κ1) is 15.8. The molecule has 1 heterocycles. The molecule has 1 aromatic heterocycles. The molecule has 1 unspecified atom stereocenters. The number of rotatable bonds is 3. The van der Waals surface area contributed by atoms with Gasteiger partial charge in [0, 0.05) is 21.5 Å². The van der Waals surface area contributed by atoms with Crippen molar-refractivity contribution >= 4 is 17.0 Å². The molecule has 1 N–H and O–H groups in total. The lowest BCUT2D eigenvalue weighted by Gasteiger charge is -2.17. The van der Waals surface area contributed by atoms with Gasteiger partial charge >= 0.3 is 6.18 Å². The summed E-state index contributed by atoms with van der Waals surface area (Å²) in [6.45, 7) is 5.82. The Hall–Kier alpha value is -1.56. The van der Waals surface area contributed by atoms with E-state index in [0.29, 0.717) is 0 Å². The van der Waals surface area contributed by atoms with E-state index < -0.39 is 17.6 Å². The van der Waals surface area contributed by atoms with Gasteiger partial charge in [0.05, 0.1) is 5.56 Å².